The second-order valence-corrected chi connectivity index (χ2v) is 6.04. The number of hydrogen-bond donors (Lipinski definition) is 0. The fourth-order valence-electron chi connectivity index (χ4n) is 1.87. The van der Waals surface area contributed by atoms with Crippen molar-refractivity contribution in [2.45, 2.75) is 6.42 Å². The largest absolute Gasteiger partial charge is 0.447 e. The molecule has 1 heterocycles. The van der Waals surface area contributed by atoms with Crippen LogP contribution in [0.3, 0.4) is 0 Å². The Morgan fingerprint density at radius 3 is 2.58 bits per heavy atom. The van der Waals surface area contributed by atoms with Crippen molar-refractivity contribution in [3.05, 3.63) is 29.8 Å². The van der Waals surface area contributed by atoms with E-state index in [0.717, 1.165) is 0 Å². The van der Waals surface area contributed by atoms with Crippen molar-refractivity contribution in [2.24, 2.45) is 0 Å². The lowest BCUT2D eigenvalue weighted by molar-refractivity contribution is 0.0555. The first-order chi connectivity index (χ1) is 9.04. The van der Waals surface area contributed by atoms with Crippen LogP contribution in [0.2, 0.25) is 0 Å². The second-order valence-electron chi connectivity index (χ2n) is 4.02. The molecule has 1 aromatic carbocycles. The molecule has 7 heteroatoms. The Bertz CT molecular complexity index is 616. The van der Waals surface area contributed by atoms with Gasteiger partial charge in [-0.15, -0.1) is 0 Å². The van der Waals surface area contributed by atoms with Crippen LogP contribution in [-0.4, -0.2) is 33.3 Å². The Hall–Kier alpha value is -2.07. The molecule has 0 N–H and O–H groups in total. The van der Waals surface area contributed by atoms with E-state index in [9.17, 15) is 13.2 Å². The van der Waals surface area contributed by atoms with Crippen molar-refractivity contribution in [1.82, 2.24) is 0 Å². The standard InChI is InChI=1S/C12H12N2O4S/c13-6-8-18-12(15)10-2-4-11(5-3-10)14-7-1-9-19(14,16)17/h2-5H,1,7-9H2. The molecule has 0 aliphatic carbocycles. The Morgan fingerprint density at radius 1 is 1.37 bits per heavy atom. The van der Waals surface area contributed by atoms with Crippen LogP contribution in [0.1, 0.15) is 16.8 Å². The average molecular weight is 280 g/mol. The van der Waals surface area contributed by atoms with E-state index in [4.69, 9.17) is 5.26 Å². The van der Waals surface area contributed by atoms with Crippen LogP contribution in [0.4, 0.5) is 5.69 Å². The number of nitrogens with zero attached hydrogens (tertiary/aromatic N) is 2. The molecular weight excluding hydrogens is 268 g/mol. The molecule has 0 radical (unpaired) electrons. The fraction of sp³-hybridized carbons (Fsp3) is 0.333. The van der Waals surface area contributed by atoms with Gasteiger partial charge in [0.05, 0.1) is 17.0 Å². The van der Waals surface area contributed by atoms with Crippen molar-refractivity contribution in [3.8, 4) is 6.07 Å². The van der Waals surface area contributed by atoms with E-state index in [1.54, 1.807) is 18.2 Å². The van der Waals surface area contributed by atoms with Crippen LogP contribution in [0.15, 0.2) is 24.3 Å². The number of nitriles is 1. The van der Waals surface area contributed by atoms with Crippen LogP contribution in [-0.2, 0) is 14.8 Å². The lowest BCUT2D eigenvalue weighted by Crippen LogP contribution is -2.25. The summed E-state index contributed by atoms with van der Waals surface area (Å²) in [5.74, 6) is -0.448. The molecule has 0 unspecified atom stereocenters. The molecule has 1 aromatic rings. The summed E-state index contributed by atoms with van der Waals surface area (Å²) in [6, 6.07) is 7.81. The molecule has 1 aliphatic heterocycles. The Morgan fingerprint density at radius 2 is 2.05 bits per heavy atom. The first kappa shape index (κ1) is 13.4. The van der Waals surface area contributed by atoms with Crippen molar-refractivity contribution >= 4 is 21.7 Å². The first-order valence-corrected chi connectivity index (χ1v) is 7.30. The summed E-state index contributed by atoms with van der Waals surface area (Å²) in [6.45, 7) is 0.154. The third-order valence-corrected chi connectivity index (χ3v) is 4.63. The highest BCUT2D eigenvalue weighted by atomic mass is 32.2. The molecule has 19 heavy (non-hydrogen) atoms. The lowest BCUT2D eigenvalue weighted by atomic mass is 10.2. The molecular formula is C12H12N2O4S. The molecule has 1 fully saturated rings. The summed E-state index contributed by atoms with van der Waals surface area (Å²) in [7, 11) is -3.21. The highest BCUT2D eigenvalue weighted by Crippen LogP contribution is 2.24. The summed E-state index contributed by atoms with van der Waals surface area (Å²) in [5.41, 5.74) is 0.824. The summed E-state index contributed by atoms with van der Waals surface area (Å²) in [6.07, 6.45) is 0.605. The quantitative estimate of drug-likeness (QED) is 0.768. The molecule has 100 valence electrons. The van der Waals surface area contributed by atoms with Crippen molar-refractivity contribution in [2.75, 3.05) is 23.2 Å². The molecule has 6 nitrogen and oxygen atoms in total. The van der Waals surface area contributed by atoms with Crippen molar-refractivity contribution in [3.63, 3.8) is 0 Å². The molecule has 0 saturated carbocycles. The van der Waals surface area contributed by atoms with Gasteiger partial charge in [0, 0.05) is 6.54 Å². The predicted molar refractivity (Wildman–Crippen MR) is 68.1 cm³/mol. The van der Waals surface area contributed by atoms with E-state index in [2.05, 4.69) is 4.74 Å². The Kier molecular flexibility index (Phi) is 3.71. The van der Waals surface area contributed by atoms with Gasteiger partial charge in [-0.05, 0) is 30.7 Å². The van der Waals surface area contributed by atoms with E-state index < -0.39 is 16.0 Å². The van der Waals surface area contributed by atoms with Gasteiger partial charge in [0.1, 0.15) is 6.07 Å². The van der Waals surface area contributed by atoms with E-state index in [0.29, 0.717) is 18.7 Å². The monoisotopic (exact) mass is 280 g/mol. The van der Waals surface area contributed by atoms with Crippen LogP contribution in [0.25, 0.3) is 0 Å². The highest BCUT2D eigenvalue weighted by molar-refractivity contribution is 7.93. The number of sulfonamides is 1. The zero-order valence-corrected chi connectivity index (χ0v) is 10.9. The topological polar surface area (TPSA) is 87.5 Å². The number of rotatable bonds is 3. The third-order valence-electron chi connectivity index (χ3n) is 2.76. The van der Waals surface area contributed by atoms with Gasteiger partial charge in [-0.2, -0.15) is 5.26 Å². The molecule has 1 aliphatic rings. The lowest BCUT2D eigenvalue weighted by Gasteiger charge is -2.16. The van der Waals surface area contributed by atoms with Gasteiger partial charge in [0.25, 0.3) is 0 Å². The Balaban J connectivity index is 2.15. The zero-order chi connectivity index (χ0) is 13.9. The molecule has 2 rings (SSSR count). The minimum absolute atomic E-state index is 0.152. The number of ether oxygens (including phenoxy) is 1. The zero-order valence-electron chi connectivity index (χ0n) is 10.1. The summed E-state index contributed by atoms with van der Waals surface area (Å²) in [5, 5.41) is 8.31. The SMILES string of the molecule is N#CCOC(=O)c1ccc(N2CCCS2(=O)=O)cc1. The van der Waals surface area contributed by atoms with Crippen LogP contribution in [0, 0.1) is 11.3 Å². The minimum Gasteiger partial charge on any atom is -0.447 e. The molecule has 0 aromatic heterocycles. The molecule has 1 saturated heterocycles. The highest BCUT2D eigenvalue weighted by Gasteiger charge is 2.28. The van der Waals surface area contributed by atoms with E-state index in [1.165, 1.54) is 16.4 Å². The number of carbonyl (C=O) groups is 1. The molecule has 0 amide bonds. The maximum atomic E-state index is 11.7. The van der Waals surface area contributed by atoms with Gasteiger partial charge in [-0.1, -0.05) is 0 Å². The second kappa shape index (κ2) is 5.28. The minimum atomic E-state index is -3.21. The maximum Gasteiger partial charge on any atom is 0.339 e. The summed E-state index contributed by atoms with van der Waals surface area (Å²) < 4.78 is 29.4. The van der Waals surface area contributed by atoms with Gasteiger partial charge in [0.15, 0.2) is 6.61 Å². The predicted octanol–water partition coefficient (Wildman–Crippen LogP) is 0.907. The van der Waals surface area contributed by atoms with E-state index in [-0.39, 0.29) is 17.9 Å². The molecule has 0 spiro atoms. The fourth-order valence-corrected chi connectivity index (χ4v) is 3.44. The Labute approximate surface area is 111 Å². The molecule has 0 atom stereocenters. The van der Waals surface area contributed by atoms with Gasteiger partial charge in [-0.25, -0.2) is 13.2 Å². The average Bonchev–Trinajstić information content (AvgIpc) is 2.76. The number of anilines is 1. The number of benzene rings is 1. The summed E-state index contributed by atoms with van der Waals surface area (Å²) >= 11 is 0. The number of esters is 1. The number of hydrogen-bond acceptors (Lipinski definition) is 5. The maximum absolute atomic E-state index is 11.7. The number of carbonyl (C=O) groups excluding carboxylic acids is 1. The van der Waals surface area contributed by atoms with Crippen molar-refractivity contribution < 1.29 is 17.9 Å². The third kappa shape index (κ3) is 2.85. The van der Waals surface area contributed by atoms with Gasteiger partial charge in [-0.3, -0.25) is 4.31 Å². The van der Waals surface area contributed by atoms with Crippen molar-refractivity contribution in [1.29, 1.82) is 5.26 Å². The van der Waals surface area contributed by atoms with Gasteiger partial charge in [0.2, 0.25) is 10.0 Å². The van der Waals surface area contributed by atoms with E-state index >= 15 is 0 Å². The van der Waals surface area contributed by atoms with Gasteiger partial charge >= 0.3 is 5.97 Å². The van der Waals surface area contributed by atoms with Gasteiger partial charge < -0.3 is 4.74 Å². The first-order valence-electron chi connectivity index (χ1n) is 5.69. The van der Waals surface area contributed by atoms with Crippen LogP contribution < -0.4 is 4.31 Å². The summed E-state index contributed by atoms with van der Waals surface area (Å²) in [4.78, 5) is 11.5. The smallest absolute Gasteiger partial charge is 0.339 e. The van der Waals surface area contributed by atoms with E-state index in [1.807, 2.05) is 0 Å². The van der Waals surface area contributed by atoms with Crippen LogP contribution >= 0.6 is 0 Å². The molecule has 0 bridgehead atoms. The van der Waals surface area contributed by atoms with Crippen LogP contribution in [0.5, 0.6) is 0 Å². The normalized spacial score (nSPS) is 16.9.